The van der Waals surface area contributed by atoms with Crippen LogP contribution in [0.2, 0.25) is 0 Å². The van der Waals surface area contributed by atoms with E-state index >= 15 is 0 Å². The molecule has 3 N–H and O–H groups in total. The molecule has 0 saturated heterocycles. The summed E-state index contributed by atoms with van der Waals surface area (Å²) in [6, 6.07) is 11.0. The number of aliphatic hydroxyl groups excluding tert-OH is 1. The van der Waals surface area contributed by atoms with Gasteiger partial charge >= 0.3 is 36.8 Å². The molecule has 0 unspecified atom stereocenters. The number of pyridine rings is 3. The van der Waals surface area contributed by atoms with E-state index < -0.39 is 11.9 Å². The van der Waals surface area contributed by atoms with Crippen molar-refractivity contribution in [3.8, 4) is 0 Å². The van der Waals surface area contributed by atoms with Crippen molar-refractivity contribution < 1.29 is 67.9 Å². The van der Waals surface area contributed by atoms with E-state index in [1.165, 1.54) is 18.6 Å². The minimum atomic E-state index is -0.985. The molecule has 6 aromatic rings. The molecule has 0 bridgehead atoms. The van der Waals surface area contributed by atoms with Gasteiger partial charge in [0.1, 0.15) is 16.9 Å². The van der Waals surface area contributed by atoms with Crippen molar-refractivity contribution in [2.24, 2.45) is 0 Å². The van der Waals surface area contributed by atoms with E-state index in [9.17, 15) is 14.4 Å². The van der Waals surface area contributed by atoms with E-state index in [1.54, 1.807) is 57.6 Å². The zero-order chi connectivity index (χ0) is 36.0. The number of carboxylic acids is 1. The molecular weight excluding hydrogens is 671 g/mol. The Morgan fingerprint density at radius 1 is 0.596 bits per heavy atom. The van der Waals surface area contributed by atoms with Crippen LogP contribution < -0.4 is 18.9 Å². The predicted molar refractivity (Wildman–Crippen MR) is 183 cm³/mol. The van der Waals surface area contributed by atoms with E-state index in [1.807, 2.05) is 38.2 Å². The van der Waals surface area contributed by atoms with Crippen LogP contribution in [-0.4, -0.2) is 88.2 Å². The molecule has 0 aliphatic carbocycles. The maximum Gasteiger partial charge on any atom is 1.00 e. The zero-order valence-electron chi connectivity index (χ0n) is 29.8. The summed E-state index contributed by atoms with van der Waals surface area (Å²) in [6.07, 6.45) is 9.61. The zero-order valence-corrected chi connectivity index (χ0v) is 29.8. The van der Waals surface area contributed by atoms with Crippen molar-refractivity contribution in [2.75, 3.05) is 26.4 Å². The number of aromatic carboxylic acids is 1. The number of hydrogen-bond donors (Lipinski definition) is 2. The van der Waals surface area contributed by atoms with Gasteiger partial charge in [-0.2, -0.15) is 0 Å². The molecule has 0 aliphatic heterocycles. The Morgan fingerprint density at radius 2 is 0.962 bits per heavy atom. The smallest absolute Gasteiger partial charge is 0.870 e. The van der Waals surface area contributed by atoms with Gasteiger partial charge in [0.05, 0.1) is 51.6 Å². The van der Waals surface area contributed by atoms with Gasteiger partial charge in [-0.25, -0.2) is 29.3 Å². The first-order valence-electron chi connectivity index (χ1n) is 16.0. The maximum atomic E-state index is 11.7. The SMILES string of the molecule is CCOC(=O)c1cnc2ccc(CO)cn12.CCOCc1ccc2ncc(C(=O)O)n2c1.CCOCc1ccc2ncc(C(=O)OCC)n2c1.[Li+].[OH-]. The van der Waals surface area contributed by atoms with Gasteiger partial charge in [-0.05, 0) is 62.6 Å². The number of aromatic nitrogens is 6. The van der Waals surface area contributed by atoms with Gasteiger partial charge in [0.25, 0.3) is 0 Å². The van der Waals surface area contributed by atoms with Crippen LogP contribution in [0, 0.1) is 0 Å². The summed E-state index contributed by atoms with van der Waals surface area (Å²) in [4.78, 5) is 46.5. The number of rotatable bonds is 12. The number of aliphatic hydroxyl groups is 1. The third kappa shape index (κ3) is 11.0. The van der Waals surface area contributed by atoms with Crippen LogP contribution in [0.4, 0.5) is 0 Å². The fraction of sp³-hybridized carbons (Fsp3) is 0.314. The quantitative estimate of drug-likeness (QED) is 0.136. The molecule has 0 amide bonds. The number of carboxylic acid groups (broad SMARTS) is 1. The normalized spacial score (nSPS) is 10.3. The first-order valence-corrected chi connectivity index (χ1v) is 16.0. The van der Waals surface area contributed by atoms with Crippen molar-refractivity contribution in [1.82, 2.24) is 28.2 Å². The number of ether oxygens (including phenoxy) is 4. The second kappa shape index (κ2) is 21.3. The number of imidazole rings is 3. The summed E-state index contributed by atoms with van der Waals surface area (Å²) < 4.78 is 25.4. The van der Waals surface area contributed by atoms with Gasteiger partial charge in [-0.1, -0.05) is 18.2 Å². The molecule has 0 spiro atoms. The van der Waals surface area contributed by atoms with Gasteiger partial charge < -0.3 is 34.6 Å². The average molecular weight is 713 g/mol. The Balaban J connectivity index is 0.000000266. The second-order valence-electron chi connectivity index (χ2n) is 10.4. The number of nitrogens with zero attached hydrogens (tertiary/aromatic N) is 6. The first-order chi connectivity index (χ1) is 24.2. The van der Waals surface area contributed by atoms with E-state index in [0.717, 1.165) is 22.3 Å². The molecule has 6 rings (SSSR count). The average Bonchev–Trinajstić information content (AvgIpc) is 3.87. The molecule has 6 aromatic heterocycles. The Labute approximate surface area is 311 Å². The molecule has 0 aromatic carbocycles. The monoisotopic (exact) mass is 712 g/mol. The maximum absolute atomic E-state index is 11.7. The van der Waals surface area contributed by atoms with E-state index in [-0.39, 0.29) is 42.6 Å². The topological polar surface area (TPSA) is 210 Å². The van der Waals surface area contributed by atoms with Gasteiger partial charge in [-0.3, -0.25) is 13.2 Å². The summed E-state index contributed by atoms with van der Waals surface area (Å²) in [5.74, 6) is -1.76. The molecule has 16 nitrogen and oxygen atoms in total. The van der Waals surface area contributed by atoms with Gasteiger partial charge in [0.2, 0.25) is 0 Å². The molecule has 0 radical (unpaired) electrons. The summed E-state index contributed by atoms with van der Waals surface area (Å²) in [7, 11) is 0. The van der Waals surface area contributed by atoms with Crippen LogP contribution in [0.25, 0.3) is 16.9 Å². The molecule has 272 valence electrons. The summed E-state index contributed by atoms with van der Waals surface area (Å²) in [5.41, 5.74) is 5.60. The molecule has 0 saturated carbocycles. The summed E-state index contributed by atoms with van der Waals surface area (Å²) in [5, 5.41) is 18.0. The van der Waals surface area contributed by atoms with Gasteiger partial charge in [0.15, 0.2) is 17.1 Å². The molecule has 0 fully saturated rings. The number of carbonyl (C=O) groups excluding carboxylic acids is 2. The minimum Gasteiger partial charge on any atom is -0.870 e. The van der Waals surface area contributed by atoms with Crippen molar-refractivity contribution in [2.45, 2.75) is 47.5 Å². The largest absolute Gasteiger partial charge is 1.00 e. The number of esters is 2. The minimum absolute atomic E-state index is 0. The van der Waals surface area contributed by atoms with E-state index in [4.69, 9.17) is 29.2 Å². The predicted octanol–water partition coefficient (Wildman–Crippen LogP) is 1.45. The Hall–Kier alpha value is -5.08. The number of carbonyl (C=O) groups is 3. The molecule has 6 heterocycles. The third-order valence-corrected chi connectivity index (χ3v) is 7.02. The first kappa shape index (κ1) is 43.1. The van der Waals surface area contributed by atoms with Crippen LogP contribution in [0.1, 0.15) is 75.9 Å². The van der Waals surface area contributed by atoms with E-state index in [2.05, 4.69) is 15.0 Å². The fourth-order valence-corrected chi connectivity index (χ4v) is 4.65. The van der Waals surface area contributed by atoms with Crippen LogP contribution in [0.5, 0.6) is 0 Å². The summed E-state index contributed by atoms with van der Waals surface area (Å²) >= 11 is 0. The molecule has 17 heteroatoms. The van der Waals surface area contributed by atoms with Crippen LogP contribution in [0.3, 0.4) is 0 Å². The van der Waals surface area contributed by atoms with Gasteiger partial charge in [0, 0.05) is 31.8 Å². The Morgan fingerprint density at radius 3 is 1.33 bits per heavy atom. The standard InChI is InChI=1S/C13H16N2O3.2C11H12N2O3.Li.H2O/c1-3-17-9-10-5-6-12-14-7-11(15(12)8-10)13(16)18-4-2;1-2-16-7-8-3-4-10-12-5-9(11(14)15)13(10)6-8;1-2-16-11(15)9-5-12-10-4-3-8(7-14)6-13(9)10;;/h5-8H,3-4,9H2,1-2H3;3-6H,2,7H2,1H3,(H,14,15);3-6,14H,2,7H2,1H3;;1H2/q;;;+1;/p-1. The molecule has 52 heavy (non-hydrogen) atoms. The van der Waals surface area contributed by atoms with Crippen LogP contribution in [0.15, 0.2) is 73.6 Å². The fourth-order valence-electron chi connectivity index (χ4n) is 4.65. The second-order valence-corrected chi connectivity index (χ2v) is 10.4. The van der Waals surface area contributed by atoms with Crippen LogP contribution >= 0.6 is 0 Å². The van der Waals surface area contributed by atoms with Crippen molar-refractivity contribution >= 4 is 34.8 Å². The number of hydrogen-bond acceptors (Lipinski definition) is 12. The van der Waals surface area contributed by atoms with Crippen molar-refractivity contribution in [1.29, 1.82) is 0 Å². The third-order valence-electron chi connectivity index (χ3n) is 7.02. The Bertz CT molecular complexity index is 2060. The van der Waals surface area contributed by atoms with Crippen LogP contribution in [-0.2, 0) is 38.8 Å². The Kier molecular flexibility index (Phi) is 17.7. The van der Waals surface area contributed by atoms with E-state index in [0.29, 0.717) is 62.3 Å². The van der Waals surface area contributed by atoms with Crippen molar-refractivity contribution in [3.05, 3.63) is 107 Å². The molecular formula is C35H41LiN6O10. The van der Waals surface area contributed by atoms with Gasteiger partial charge in [-0.15, -0.1) is 0 Å². The molecule has 0 aliphatic rings. The molecule has 0 atom stereocenters. The summed E-state index contributed by atoms with van der Waals surface area (Å²) in [6.45, 7) is 10.3. The number of fused-ring (bicyclic) bond motifs is 3. The van der Waals surface area contributed by atoms with Crippen molar-refractivity contribution in [3.63, 3.8) is 0 Å².